The molecule has 3 nitrogen and oxygen atoms in total. The number of rotatable bonds is 3. The van der Waals surface area contributed by atoms with E-state index in [2.05, 4.69) is 0 Å². The van der Waals surface area contributed by atoms with Gasteiger partial charge < -0.3 is 9.47 Å². The molecule has 0 heterocycles. The number of ether oxygens (including phenoxy) is 2. The van der Waals surface area contributed by atoms with Gasteiger partial charge in [0, 0.05) is 0 Å². The average molecular weight is 258 g/mol. The maximum absolute atomic E-state index is 11.6. The number of carbonyl (C=O) groups excluding carboxylic acids is 1. The summed E-state index contributed by atoms with van der Waals surface area (Å²) < 4.78 is 10.7. The van der Waals surface area contributed by atoms with Crippen molar-refractivity contribution in [3.8, 4) is 0 Å². The Balaban J connectivity index is 0.00000137. The zero-order chi connectivity index (χ0) is 14.2. The summed E-state index contributed by atoms with van der Waals surface area (Å²) in [5.41, 5.74) is -0.300. The van der Waals surface area contributed by atoms with Crippen LogP contribution in [0.5, 0.6) is 0 Å². The highest BCUT2D eigenvalue weighted by atomic mass is 16.7. The van der Waals surface area contributed by atoms with Crippen molar-refractivity contribution in [3.63, 3.8) is 0 Å². The summed E-state index contributed by atoms with van der Waals surface area (Å²) in [6, 6.07) is 0. The molecule has 108 valence electrons. The van der Waals surface area contributed by atoms with Crippen LogP contribution in [0.15, 0.2) is 0 Å². The van der Waals surface area contributed by atoms with E-state index in [1.807, 2.05) is 41.5 Å². The first-order valence-electron chi connectivity index (χ1n) is 7.32. The maximum atomic E-state index is 11.6. The second-order valence-corrected chi connectivity index (χ2v) is 5.43. The van der Waals surface area contributed by atoms with Crippen LogP contribution in [0.2, 0.25) is 0 Å². The molecular formula is C15H30O3. The monoisotopic (exact) mass is 258 g/mol. The van der Waals surface area contributed by atoms with E-state index in [-0.39, 0.29) is 11.7 Å². The molecule has 0 saturated heterocycles. The third-order valence-electron chi connectivity index (χ3n) is 3.46. The van der Waals surface area contributed by atoms with Crippen molar-refractivity contribution in [1.82, 2.24) is 0 Å². The van der Waals surface area contributed by atoms with Crippen molar-refractivity contribution in [3.05, 3.63) is 0 Å². The summed E-state index contributed by atoms with van der Waals surface area (Å²) in [6.07, 6.45) is 4.85. The lowest BCUT2D eigenvalue weighted by molar-refractivity contribution is -0.0607. The molecule has 1 aliphatic carbocycles. The Morgan fingerprint density at radius 1 is 1.06 bits per heavy atom. The Morgan fingerprint density at radius 2 is 1.56 bits per heavy atom. The fourth-order valence-corrected chi connectivity index (χ4v) is 1.91. The number of carbonyl (C=O) groups is 1. The summed E-state index contributed by atoms with van der Waals surface area (Å²) in [4.78, 5) is 11.6. The molecule has 18 heavy (non-hydrogen) atoms. The van der Waals surface area contributed by atoms with Crippen LogP contribution in [0.3, 0.4) is 0 Å². The van der Waals surface area contributed by atoms with E-state index in [1.54, 1.807) is 0 Å². The van der Waals surface area contributed by atoms with E-state index in [4.69, 9.17) is 9.47 Å². The Morgan fingerprint density at radius 3 is 2.00 bits per heavy atom. The molecule has 1 fully saturated rings. The van der Waals surface area contributed by atoms with Gasteiger partial charge in [0.2, 0.25) is 0 Å². The molecule has 0 aromatic carbocycles. The lowest BCUT2D eigenvalue weighted by Crippen LogP contribution is -2.35. The summed E-state index contributed by atoms with van der Waals surface area (Å²) in [5, 5.41) is 0. The van der Waals surface area contributed by atoms with Crippen LogP contribution in [0.25, 0.3) is 0 Å². The molecule has 1 unspecified atom stereocenters. The van der Waals surface area contributed by atoms with Gasteiger partial charge in [0.25, 0.3) is 0 Å². The van der Waals surface area contributed by atoms with E-state index in [9.17, 15) is 4.79 Å². The van der Waals surface area contributed by atoms with Crippen molar-refractivity contribution < 1.29 is 14.3 Å². The molecule has 0 aliphatic heterocycles. The van der Waals surface area contributed by atoms with Gasteiger partial charge in [0.05, 0.1) is 0 Å². The number of hydrogen-bond acceptors (Lipinski definition) is 3. The molecule has 3 heteroatoms. The Labute approximate surface area is 112 Å². The highest BCUT2D eigenvalue weighted by Gasteiger charge is 2.32. The molecule has 0 aromatic heterocycles. The second kappa shape index (κ2) is 8.39. The molecule has 1 saturated carbocycles. The first-order chi connectivity index (χ1) is 8.43. The lowest BCUT2D eigenvalue weighted by Gasteiger charge is -2.33. The van der Waals surface area contributed by atoms with Crippen molar-refractivity contribution in [2.75, 3.05) is 0 Å². The molecule has 0 N–H and O–H groups in total. The summed E-state index contributed by atoms with van der Waals surface area (Å²) in [6.45, 7) is 12.0. The van der Waals surface area contributed by atoms with Crippen LogP contribution in [0.1, 0.15) is 73.6 Å². The molecule has 0 spiro atoms. The van der Waals surface area contributed by atoms with E-state index >= 15 is 0 Å². The lowest BCUT2D eigenvalue weighted by atomic mass is 9.86. The van der Waals surface area contributed by atoms with E-state index in [0.29, 0.717) is 5.92 Å². The van der Waals surface area contributed by atoms with E-state index in [1.165, 1.54) is 6.42 Å². The zero-order valence-corrected chi connectivity index (χ0v) is 12.9. The Hall–Kier alpha value is -0.730. The standard InChI is InChI=1S/C13H24O3.C2H6/c1-10(2)11(3)15-12(14)16-13(4)8-6-5-7-9-13;1-2/h10-11H,5-9H2,1-4H3;1-2H3. The van der Waals surface area contributed by atoms with Crippen LogP contribution in [-0.4, -0.2) is 17.9 Å². The normalized spacial score (nSPS) is 19.5. The van der Waals surface area contributed by atoms with Gasteiger partial charge in [-0.3, -0.25) is 0 Å². The maximum Gasteiger partial charge on any atom is 0.509 e. The molecule has 0 radical (unpaired) electrons. The van der Waals surface area contributed by atoms with Gasteiger partial charge in [-0.2, -0.15) is 0 Å². The van der Waals surface area contributed by atoms with E-state index < -0.39 is 6.16 Å². The van der Waals surface area contributed by atoms with Gasteiger partial charge in [-0.25, -0.2) is 4.79 Å². The minimum Gasteiger partial charge on any atom is -0.431 e. The van der Waals surface area contributed by atoms with Crippen LogP contribution < -0.4 is 0 Å². The fourth-order valence-electron chi connectivity index (χ4n) is 1.91. The first kappa shape index (κ1) is 17.3. The Bertz CT molecular complexity index is 230. The topological polar surface area (TPSA) is 35.5 Å². The molecule has 0 bridgehead atoms. The molecule has 1 atom stereocenters. The predicted octanol–water partition coefficient (Wildman–Crippen LogP) is 4.93. The second-order valence-electron chi connectivity index (χ2n) is 5.43. The van der Waals surface area contributed by atoms with Gasteiger partial charge >= 0.3 is 6.16 Å². The SMILES string of the molecule is CC.CC(C)C(C)OC(=O)OC1(C)CCCCC1. The minimum atomic E-state index is -0.509. The van der Waals surface area contributed by atoms with Gasteiger partial charge in [-0.15, -0.1) is 0 Å². The van der Waals surface area contributed by atoms with Gasteiger partial charge in [-0.1, -0.05) is 34.1 Å². The quantitative estimate of drug-likeness (QED) is 0.673. The average Bonchev–Trinajstić information content (AvgIpc) is 2.31. The van der Waals surface area contributed by atoms with Crippen LogP contribution in [0.4, 0.5) is 4.79 Å². The van der Waals surface area contributed by atoms with Gasteiger partial charge in [0.15, 0.2) is 0 Å². The largest absolute Gasteiger partial charge is 0.509 e. The van der Waals surface area contributed by atoms with Crippen molar-refractivity contribution >= 4 is 6.16 Å². The minimum absolute atomic E-state index is 0.0836. The van der Waals surface area contributed by atoms with Crippen molar-refractivity contribution in [1.29, 1.82) is 0 Å². The molecule has 0 amide bonds. The smallest absolute Gasteiger partial charge is 0.431 e. The summed E-state index contributed by atoms with van der Waals surface area (Å²) in [5.74, 6) is 0.326. The van der Waals surface area contributed by atoms with Crippen LogP contribution in [0, 0.1) is 5.92 Å². The highest BCUT2D eigenvalue weighted by Crippen LogP contribution is 2.31. The summed E-state index contributed by atoms with van der Waals surface area (Å²) in [7, 11) is 0. The molecule has 0 aromatic rings. The van der Waals surface area contributed by atoms with Crippen LogP contribution in [-0.2, 0) is 9.47 Å². The Kier molecular flexibility index (Phi) is 8.05. The predicted molar refractivity (Wildman–Crippen MR) is 74.7 cm³/mol. The molecule has 1 rings (SSSR count). The van der Waals surface area contributed by atoms with Crippen molar-refractivity contribution in [2.24, 2.45) is 5.92 Å². The van der Waals surface area contributed by atoms with Gasteiger partial charge in [-0.05, 0) is 45.4 Å². The highest BCUT2D eigenvalue weighted by molar-refractivity contribution is 5.60. The molecule has 1 aliphatic rings. The van der Waals surface area contributed by atoms with E-state index in [0.717, 1.165) is 25.7 Å². The first-order valence-corrected chi connectivity index (χ1v) is 7.32. The van der Waals surface area contributed by atoms with Crippen LogP contribution >= 0.6 is 0 Å². The van der Waals surface area contributed by atoms with Crippen molar-refractivity contribution in [2.45, 2.75) is 85.4 Å². The third-order valence-corrected chi connectivity index (χ3v) is 3.46. The summed E-state index contributed by atoms with van der Waals surface area (Å²) >= 11 is 0. The number of hydrogen-bond donors (Lipinski definition) is 0. The van der Waals surface area contributed by atoms with Gasteiger partial charge in [0.1, 0.15) is 11.7 Å². The third kappa shape index (κ3) is 6.27. The fraction of sp³-hybridized carbons (Fsp3) is 0.933. The molecular weight excluding hydrogens is 228 g/mol. The zero-order valence-electron chi connectivity index (χ0n) is 12.9.